The van der Waals surface area contributed by atoms with Crippen molar-refractivity contribution in [2.45, 2.75) is 12.8 Å². The van der Waals surface area contributed by atoms with E-state index in [-0.39, 0.29) is 0 Å². The maximum atomic E-state index is 5.72. The van der Waals surface area contributed by atoms with Gasteiger partial charge in [0.1, 0.15) is 13.2 Å². The molecule has 1 saturated heterocycles. The van der Waals surface area contributed by atoms with E-state index in [0.29, 0.717) is 19.1 Å². The average Bonchev–Trinajstić information content (AvgIpc) is 2.86. The minimum Gasteiger partial charge on any atom is -0.486 e. The number of benzene rings is 2. The highest BCUT2D eigenvalue weighted by molar-refractivity contribution is 5.82. The molecule has 2 aliphatic rings. The summed E-state index contributed by atoms with van der Waals surface area (Å²) in [5.41, 5.74) is 3.67. The molecule has 0 radical (unpaired) electrons. The van der Waals surface area contributed by atoms with Crippen molar-refractivity contribution in [3.05, 3.63) is 59.7 Å². The molecule has 1 aromatic heterocycles. The minimum absolute atomic E-state index is 0.640. The monoisotopic (exact) mass is 433 g/mol. The predicted octanol–water partition coefficient (Wildman–Crippen LogP) is 3.42. The molecule has 0 atom stereocenters. The number of rotatable bonds is 7. The Bertz CT molecular complexity index is 1060. The van der Waals surface area contributed by atoms with Gasteiger partial charge in [-0.05, 0) is 42.2 Å². The van der Waals surface area contributed by atoms with Gasteiger partial charge in [0.05, 0.1) is 12.6 Å². The number of para-hydroxylation sites is 1. The van der Waals surface area contributed by atoms with Crippen molar-refractivity contribution in [1.82, 2.24) is 14.8 Å². The summed E-state index contributed by atoms with van der Waals surface area (Å²) in [7, 11) is 1.67. The standard InChI is InChI=1S/C26H31N3O3/c1-30-25-8-6-21-3-2-4-22(26(21)27-25)10-12-29-15-13-28(14-16-29)11-9-20-5-7-23-24(19-20)32-18-17-31-23/h2-8,19H,9-18H2,1H3. The van der Waals surface area contributed by atoms with Crippen LogP contribution >= 0.6 is 0 Å². The molecule has 6 nitrogen and oxygen atoms in total. The summed E-state index contributed by atoms with van der Waals surface area (Å²) in [6, 6.07) is 16.8. The predicted molar refractivity (Wildman–Crippen MR) is 126 cm³/mol. The third-order valence-electron chi connectivity index (χ3n) is 6.47. The van der Waals surface area contributed by atoms with Gasteiger partial charge in [-0.3, -0.25) is 0 Å². The van der Waals surface area contributed by atoms with Crippen LogP contribution < -0.4 is 14.2 Å². The summed E-state index contributed by atoms with van der Waals surface area (Å²) in [6.45, 7) is 7.89. The number of pyridine rings is 1. The average molecular weight is 434 g/mol. The highest BCUT2D eigenvalue weighted by atomic mass is 16.6. The van der Waals surface area contributed by atoms with Gasteiger partial charge < -0.3 is 24.0 Å². The molecule has 6 heteroatoms. The lowest BCUT2D eigenvalue weighted by atomic mass is 10.1. The summed E-state index contributed by atoms with van der Waals surface area (Å²) in [4.78, 5) is 9.82. The van der Waals surface area contributed by atoms with Gasteiger partial charge in [0.2, 0.25) is 5.88 Å². The molecule has 0 aliphatic carbocycles. The molecule has 2 aliphatic heterocycles. The van der Waals surface area contributed by atoms with Gasteiger partial charge in [0.25, 0.3) is 0 Å². The molecule has 0 unspecified atom stereocenters. The summed E-state index contributed by atoms with van der Waals surface area (Å²) in [5.74, 6) is 2.43. The van der Waals surface area contributed by atoms with Crippen LogP contribution in [0.15, 0.2) is 48.5 Å². The maximum Gasteiger partial charge on any atom is 0.213 e. The first-order valence-electron chi connectivity index (χ1n) is 11.5. The van der Waals surface area contributed by atoms with Crippen LogP contribution in [-0.4, -0.2) is 74.4 Å². The van der Waals surface area contributed by atoms with E-state index < -0.39 is 0 Å². The highest BCUT2D eigenvalue weighted by Gasteiger charge is 2.18. The van der Waals surface area contributed by atoms with Gasteiger partial charge in [0.15, 0.2) is 11.5 Å². The number of ether oxygens (including phenoxy) is 3. The summed E-state index contributed by atoms with van der Waals surface area (Å²) in [5, 5.41) is 1.17. The molecule has 0 saturated carbocycles. The van der Waals surface area contributed by atoms with Crippen molar-refractivity contribution in [1.29, 1.82) is 0 Å². The normalized spacial score (nSPS) is 16.9. The Labute approximate surface area is 189 Å². The Kier molecular flexibility index (Phi) is 6.41. The highest BCUT2D eigenvalue weighted by Crippen LogP contribution is 2.31. The molecule has 0 spiro atoms. The number of piperazine rings is 1. The van der Waals surface area contributed by atoms with E-state index in [4.69, 9.17) is 14.2 Å². The molecule has 3 aromatic rings. The number of nitrogens with zero attached hydrogens (tertiary/aromatic N) is 3. The fraction of sp³-hybridized carbons (Fsp3) is 0.423. The quantitative estimate of drug-likeness (QED) is 0.569. The van der Waals surface area contributed by atoms with Gasteiger partial charge >= 0.3 is 0 Å². The van der Waals surface area contributed by atoms with Gasteiger partial charge in [-0.1, -0.05) is 24.3 Å². The molecular formula is C26H31N3O3. The van der Waals surface area contributed by atoms with E-state index in [9.17, 15) is 0 Å². The zero-order chi connectivity index (χ0) is 21.8. The van der Waals surface area contributed by atoms with E-state index in [1.165, 1.54) is 16.5 Å². The number of fused-ring (bicyclic) bond motifs is 2. The summed E-state index contributed by atoms with van der Waals surface area (Å²) < 4.78 is 16.7. The Morgan fingerprint density at radius 3 is 2.38 bits per heavy atom. The molecule has 0 N–H and O–H groups in total. The van der Waals surface area contributed by atoms with Gasteiger partial charge in [-0.2, -0.15) is 0 Å². The minimum atomic E-state index is 0.640. The molecule has 5 rings (SSSR count). The van der Waals surface area contributed by atoms with Gasteiger partial charge in [-0.25, -0.2) is 4.98 Å². The third kappa shape index (κ3) is 4.81. The Morgan fingerprint density at radius 1 is 0.844 bits per heavy atom. The van der Waals surface area contributed by atoms with E-state index >= 15 is 0 Å². The zero-order valence-electron chi connectivity index (χ0n) is 18.8. The van der Waals surface area contributed by atoms with Crippen molar-refractivity contribution in [3.8, 4) is 17.4 Å². The number of methoxy groups -OCH3 is 1. The van der Waals surface area contributed by atoms with Crippen molar-refractivity contribution in [3.63, 3.8) is 0 Å². The fourth-order valence-electron chi connectivity index (χ4n) is 4.55. The van der Waals surface area contributed by atoms with E-state index in [1.54, 1.807) is 7.11 Å². The first kappa shape index (κ1) is 21.0. The van der Waals surface area contributed by atoms with Gasteiger partial charge in [0, 0.05) is 50.7 Å². The number of aromatic nitrogens is 1. The Morgan fingerprint density at radius 2 is 1.59 bits per heavy atom. The molecule has 1 fully saturated rings. The second-order valence-corrected chi connectivity index (χ2v) is 8.50. The second kappa shape index (κ2) is 9.76. The summed E-state index contributed by atoms with van der Waals surface area (Å²) in [6.07, 6.45) is 2.05. The molecular weight excluding hydrogens is 402 g/mol. The Hall–Kier alpha value is -2.83. The van der Waals surface area contributed by atoms with Crippen LogP contribution in [0.25, 0.3) is 10.9 Å². The van der Waals surface area contributed by atoms with E-state index in [1.807, 2.05) is 12.1 Å². The number of hydrogen-bond acceptors (Lipinski definition) is 6. The molecule has 0 bridgehead atoms. The molecule has 0 amide bonds. The Balaban J connectivity index is 1.10. The summed E-state index contributed by atoms with van der Waals surface area (Å²) >= 11 is 0. The van der Waals surface area contributed by atoms with Crippen molar-refractivity contribution >= 4 is 10.9 Å². The smallest absolute Gasteiger partial charge is 0.213 e. The zero-order valence-corrected chi connectivity index (χ0v) is 18.8. The lowest BCUT2D eigenvalue weighted by Crippen LogP contribution is -2.47. The van der Waals surface area contributed by atoms with Crippen LogP contribution in [0.3, 0.4) is 0 Å². The fourth-order valence-corrected chi connectivity index (χ4v) is 4.55. The largest absolute Gasteiger partial charge is 0.486 e. The molecule has 2 aromatic carbocycles. The second-order valence-electron chi connectivity index (χ2n) is 8.50. The SMILES string of the molecule is COc1ccc2cccc(CCN3CCN(CCc4ccc5c(c4)OCCO5)CC3)c2n1. The van der Waals surface area contributed by atoms with Crippen molar-refractivity contribution in [2.24, 2.45) is 0 Å². The first-order chi connectivity index (χ1) is 15.8. The van der Waals surface area contributed by atoms with Crippen LogP contribution in [0.5, 0.6) is 17.4 Å². The molecule has 168 valence electrons. The molecule has 3 heterocycles. The number of hydrogen-bond donors (Lipinski definition) is 0. The lowest BCUT2D eigenvalue weighted by molar-refractivity contribution is 0.134. The first-order valence-corrected chi connectivity index (χ1v) is 11.5. The van der Waals surface area contributed by atoms with Crippen LogP contribution in [-0.2, 0) is 12.8 Å². The van der Waals surface area contributed by atoms with Crippen molar-refractivity contribution < 1.29 is 14.2 Å². The van der Waals surface area contributed by atoms with Crippen LogP contribution in [0.1, 0.15) is 11.1 Å². The third-order valence-corrected chi connectivity index (χ3v) is 6.47. The van der Waals surface area contributed by atoms with Gasteiger partial charge in [-0.15, -0.1) is 0 Å². The van der Waals surface area contributed by atoms with Crippen LogP contribution in [0, 0.1) is 0 Å². The van der Waals surface area contributed by atoms with E-state index in [0.717, 1.165) is 69.1 Å². The molecule has 32 heavy (non-hydrogen) atoms. The topological polar surface area (TPSA) is 47.1 Å². The van der Waals surface area contributed by atoms with Crippen LogP contribution in [0.4, 0.5) is 0 Å². The van der Waals surface area contributed by atoms with Crippen molar-refractivity contribution in [2.75, 3.05) is 59.6 Å². The maximum absolute atomic E-state index is 5.72. The van der Waals surface area contributed by atoms with Crippen LogP contribution in [0.2, 0.25) is 0 Å². The van der Waals surface area contributed by atoms with E-state index in [2.05, 4.69) is 51.2 Å². The lowest BCUT2D eigenvalue weighted by Gasteiger charge is -2.34.